The fourth-order valence-corrected chi connectivity index (χ4v) is 2.31. The molecule has 0 saturated heterocycles. The molecule has 2 heterocycles. The summed E-state index contributed by atoms with van der Waals surface area (Å²) in [6, 6.07) is 9.28. The summed E-state index contributed by atoms with van der Waals surface area (Å²) in [6.45, 7) is 1.77. The molecule has 3 aromatic rings. The molecule has 132 valence electrons. The number of halogens is 2. The van der Waals surface area contributed by atoms with E-state index in [1.807, 2.05) is 0 Å². The summed E-state index contributed by atoms with van der Waals surface area (Å²) in [5, 5.41) is 5.91. The maximum atomic E-state index is 12.1. The van der Waals surface area contributed by atoms with E-state index >= 15 is 0 Å². The molecule has 3 rings (SSSR count). The van der Waals surface area contributed by atoms with Crippen LogP contribution in [0.5, 0.6) is 11.6 Å². The number of hydrogen-bond donors (Lipinski definition) is 2. The SMILES string of the molecule is Cc1cc(Oc2ccncc2)nc(NC(=O)Nc2ccc(Cl)c(Cl)c2)n1. The molecular formula is C17H13Cl2N5O2. The summed E-state index contributed by atoms with van der Waals surface area (Å²) in [5.41, 5.74) is 1.12. The molecule has 26 heavy (non-hydrogen) atoms. The van der Waals surface area contributed by atoms with Gasteiger partial charge in [0, 0.05) is 29.8 Å². The van der Waals surface area contributed by atoms with Gasteiger partial charge in [-0.3, -0.25) is 10.3 Å². The average molecular weight is 390 g/mol. The van der Waals surface area contributed by atoms with E-state index in [1.54, 1.807) is 55.7 Å². The molecule has 0 unspecified atom stereocenters. The molecular weight excluding hydrogens is 377 g/mol. The molecule has 0 spiro atoms. The van der Waals surface area contributed by atoms with Crippen LogP contribution in [0.2, 0.25) is 10.0 Å². The lowest BCUT2D eigenvalue weighted by Crippen LogP contribution is -2.21. The minimum Gasteiger partial charge on any atom is -0.439 e. The summed E-state index contributed by atoms with van der Waals surface area (Å²) >= 11 is 11.8. The standard InChI is InChI=1S/C17H13Cl2N5O2/c1-10-8-15(26-12-4-6-20-7-5-12)23-16(21-10)24-17(25)22-11-2-3-13(18)14(19)9-11/h2-9H,1H3,(H2,21,22,23,24,25). The second-order valence-corrected chi connectivity index (χ2v) is 5.98. The molecule has 0 saturated carbocycles. The van der Waals surface area contributed by atoms with Gasteiger partial charge in [-0.2, -0.15) is 4.98 Å². The summed E-state index contributed by atoms with van der Waals surface area (Å²) in [4.78, 5) is 24.4. The lowest BCUT2D eigenvalue weighted by atomic mass is 10.3. The highest BCUT2D eigenvalue weighted by molar-refractivity contribution is 6.42. The number of amides is 2. The van der Waals surface area contributed by atoms with E-state index in [9.17, 15) is 4.79 Å². The topological polar surface area (TPSA) is 89.0 Å². The first-order valence-corrected chi connectivity index (χ1v) is 8.22. The van der Waals surface area contributed by atoms with E-state index in [2.05, 4.69) is 25.6 Å². The normalized spacial score (nSPS) is 10.3. The Balaban J connectivity index is 1.70. The van der Waals surface area contributed by atoms with Crippen LogP contribution in [0.4, 0.5) is 16.4 Å². The van der Waals surface area contributed by atoms with Crippen molar-refractivity contribution in [1.29, 1.82) is 0 Å². The second-order valence-electron chi connectivity index (χ2n) is 5.16. The number of carbonyl (C=O) groups excluding carboxylic acids is 1. The number of nitrogens with one attached hydrogen (secondary N) is 2. The molecule has 1 aromatic carbocycles. The smallest absolute Gasteiger partial charge is 0.326 e. The Labute approximate surface area is 159 Å². The van der Waals surface area contributed by atoms with Crippen molar-refractivity contribution in [3.05, 3.63) is 64.5 Å². The van der Waals surface area contributed by atoms with Gasteiger partial charge in [-0.25, -0.2) is 9.78 Å². The van der Waals surface area contributed by atoms with Crippen molar-refractivity contribution in [2.24, 2.45) is 0 Å². The van der Waals surface area contributed by atoms with E-state index in [1.165, 1.54) is 0 Å². The number of nitrogens with zero attached hydrogens (tertiary/aromatic N) is 3. The number of benzene rings is 1. The van der Waals surface area contributed by atoms with Gasteiger partial charge in [-0.05, 0) is 37.3 Å². The molecule has 0 aliphatic heterocycles. The van der Waals surface area contributed by atoms with Crippen LogP contribution in [-0.2, 0) is 0 Å². The van der Waals surface area contributed by atoms with Crippen LogP contribution in [0.1, 0.15) is 5.69 Å². The summed E-state index contributed by atoms with van der Waals surface area (Å²) in [7, 11) is 0. The molecule has 0 aliphatic carbocycles. The lowest BCUT2D eigenvalue weighted by Gasteiger charge is -2.10. The van der Waals surface area contributed by atoms with Gasteiger partial charge in [0.2, 0.25) is 11.8 Å². The van der Waals surface area contributed by atoms with E-state index in [0.717, 1.165) is 0 Å². The first-order chi connectivity index (χ1) is 12.5. The average Bonchev–Trinajstić information content (AvgIpc) is 2.58. The van der Waals surface area contributed by atoms with Gasteiger partial charge >= 0.3 is 6.03 Å². The summed E-state index contributed by atoms with van der Waals surface area (Å²) in [6.07, 6.45) is 3.21. The maximum Gasteiger partial charge on any atom is 0.326 e. The summed E-state index contributed by atoms with van der Waals surface area (Å²) in [5.74, 6) is 0.976. The van der Waals surface area contributed by atoms with Crippen molar-refractivity contribution in [2.45, 2.75) is 6.92 Å². The highest BCUT2D eigenvalue weighted by atomic mass is 35.5. The number of urea groups is 1. The van der Waals surface area contributed by atoms with Crippen molar-refractivity contribution in [3.63, 3.8) is 0 Å². The third kappa shape index (κ3) is 4.81. The fourth-order valence-electron chi connectivity index (χ4n) is 2.01. The predicted octanol–water partition coefficient (Wildman–Crippen LogP) is 4.92. The Morgan fingerprint density at radius 2 is 1.77 bits per heavy atom. The number of ether oxygens (including phenoxy) is 1. The van der Waals surface area contributed by atoms with Crippen LogP contribution >= 0.6 is 23.2 Å². The third-order valence-corrected chi connectivity index (χ3v) is 3.84. The van der Waals surface area contributed by atoms with Crippen LogP contribution in [0.25, 0.3) is 0 Å². The predicted molar refractivity (Wildman–Crippen MR) is 100 cm³/mol. The Morgan fingerprint density at radius 1 is 1.00 bits per heavy atom. The van der Waals surface area contributed by atoms with Gasteiger partial charge in [0.05, 0.1) is 10.0 Å². The van der Waals surface area contributed by atoms with Gasteiger partial charge in [-0.15, -0.1) is 0 Å². The number of aromatic nitrogens is 3. The van der Waals surface area contributed by atoms with E-state index in [0.29, 0.717) is 33.1 Å². The number of rotatable bonds is 4. The quantitative estimate of drug-likeness (QED) is 0.660. The molecule has 0 aliphatic rings. The van der Waals surface area contributed by atoms with E-state index in [-0.39, 0.29) is 5.95 Å². The van der Waals surface area contributed by atoms with Gasteiger partial charge in [0.25, 0.3) is 0 Å². The Morgan fingerprint density at radius 3 is 2.50 bits per heavy atom. The summed E-state index contributed by atoms with van der Waals surface area (Å²) < 4.78 is 5.63. The minimum absolute atomic E-state index is 0.103. The first-order valence-electron chi connectivity index (χ1n) is 7.46. The Kier molecular flexibility index (Phi) is 5.50. The van der Waals surface area contributed by atoms with Crippen molar-refractivity contribution in [3.8, 4) is 11.6 Å². The van der Waals surface area contributed by atoms with Gasteiger partial charge in [0.15, 0.2) is 0 Å². The number of anilines is 2. The molecule has 2 amide bonds. The number of hydrogen-bond acceptors (Lipinski definition) is 5. The Bertz CT molecular complexity index is 938. The number of carbonyl (C=O) groups is 1. The van der Waals surface area contributed by atoms with Crippen LogP contribution in [-0.4, -0.2) is 21.0 Å². The number of pyridine rings is 1. The number of aryl methyl sites for hydroxylation is 1. The Hall–Kier alpha value is -2.90. The molecule has 7 nitrogen and oxygen atoms in total. The van der Waals surface area contributed by atoms with Crippen molar-refractivity contribution in [1.82, 2.24) is 15.0 Å². The van der Waals surface area contributed by atoms with Gasteiger partial charge in [0.1, 0.15) is 5.75 Å². The molecule has 9 heteroatoms. The zero-order valence-corrected chi connectivity index (χ0v) is 15.0. The van der Waals surface area contributed by atoms with Crippen LogP contribution in [0, 0.1) is 6.92 Å². The molecule has 0 fully saturated rings. The van der Waals surface area contributed by atoms with Crippen molar-refractivity contribution in [2.75, 3.05) is 10.6 Å². The van der Waals surface area contributed by atoms with E-state index in [4.69, 9.17) is 27.9 Å². The first kappa shape index (κ1) is 17.9. The zero-order valence-electron chi connectivity index (χ0n) is 13.5. The molecule has 0 radical (unpaired) electrons. The monoisotopic (exact) mass is 389 g/mol. The van der Waals surface area contributed by atoms with Crippen LogP contribution < -0.4 is 15.4 Å². The lowest BCUT2D eigenvalue weighted by molar-refractivity contribution is 0.262. The van der Waals surface area contributed by atoms with Crippen LogP contribution in [0.15, 0.2) is 48.8 Å². The van der Waals surface area contributed by atoms with Gasteiger partial charge in [-0.1, -0.05) is 23.2 Å². The molecule has 0 atom stereocenters. The molecule has 2 N–H and O–H groups in total. The zero-order chi connectivity index (χ0) is 18.5. The molecule has 2 aromatic heterocycles. The fraction of sp³-hybridized carbons (Fsp3) is 0.0588. The third-order valence-electron chi connectivity index (χ3n) is 3.11. The van der Waals surface area contributed by atoms with E-state index < -0.39 is 6.03 Å². The van der Waals surface area contributed by atoms with Gasteiger partial charge < -0.3 is 10.1 Å². The maximum absolute atomic E-state index is 12.1. The highest BCUT2D eigenvalue weighted by Crippen LogP contribution is 2.25. The van der Waals surface area contributed by atoms with Crippen LogP contribution in [0.3, 0.4) is 0 Å². The largest absolute Gasteiger partial charge is 0.439 e. The second kappa shape index (κ2) is 7.99. The van der Waals surface area contributed by atoms with Crippen molar-refractivity contribution >= 4 is 40.9 Å². The van der Waals surface area contributed by atoms with Crippen molar-refractivity contribution < 1.29 is 9.53 Å². The molecule has 0 bridgehead atoms. The highest BCUT2D eigenvalue weighted by Gasteiger charge is 2.09. The minimum atomic E-state index is -0.524.